The molecule has 2 rings (SSSR count). The van der Waals surface area contributed by atoms with Crippen LogP contribution in [0.2, 0.25) is 0 Å². The quantitative estimate of drug-likeness (QED) is 0.871. The second-order valence-electron chi connectivity index (χ2n) is 3.71. The van der Waals surface area contributed by atoms with Crippen LogP contribution in [0.4, 0.5) is 0 Å². The number of nitrogens with one attached hydrogen (secondary N) is 2. The van der Waals surface area contributed by atoms with Crippen LogP contribution in [-0.4, -0.2) is 18.5 Å². The largest absolute Gasteiger partial charge is 0.354 e. The Morgan fingerprint density at radius 1 is 1.40 bits per heavy atom. The molecule has 1 aromatic rings. The van der Waals surface area contributed by atoms with E-state index in [1.165, 1.54) is 5.56 Å². The van der Waals surface area contributed by atoms with Crippen molar-refractivity contribution in [2.75, 3.05) is 6.54 Å². The summed E-state index contributed by atoms with van der Waals surface area (Å²) >= 11 is 3.40. The Kier molecular flexibility index (Phi) is 3.38. The molecule has 15 heavy (non-hydrogen) atoms. The summed E-state index contributed by atoms with van der Waals surface area (Å²) in [5.74, 6) is 0.142. The number of hydrogen-bond acceptors (Lipinski definition) is 2. The average Bonchev–Trinajstić information content (AvgIpc) is 2.64. The zero-order valence-corrected chi connectivity index (χ0v) is 9.88. The number of halogens is 1. The van der Waals surface area contributed by atoms with E-state index < -0.39 is 0 Å². The van der Waals surface area contributed by atoms with E-state index in [1.807, 2.05) is 12.1 Å². The number of benzene rings is 1. The van der Waals surface area contributed by atoms with Crippen LogP contribution >= 0.6 is 15.9 Å². The summed E-state index contributed by atoms with van der Waals surface area (Å²) in [5.41, 5.74) is 1.23. The Labute approximate surface area is 97.4 Å². The summed E-state index contributed by atoms with van der Waals surface area (Å²) in [7, 11) is 0. The highest BCUT2D eigenvalue weighted by atomic mass is 79.9. The topological polar surface area (TPSA) is 41.1 Å². The van der Waals surface area contributed by atoms with Gasteiger partial charge in [-0.2, -0.15) is 0 Å². The molecule has 4 heteroatoms. The molecule has 1 heterocycles. The average molecular weight is 269 g/mol. The van der Waals surface area contributed by atoms with E-state index in [1.54, 1.807) is 0 Å². The third-order valence-corrected chi connectivity index (χ3v) is 3.01. The maximum atomic E-state index is 11.0. The molecule has 80 valence electrons. The minimum atomic E-state index is 0.142. The van der Waals surface area contributed by atoms with E-state index in [0.717, 1.165) is 17.6 Å². The minimum absolute atomic E-state index is 0.142. The van der Waals surface area contributed by atoms with E-state index in [2.05, 4.69) is 38.7 Å². The Bertz CT molecular complexity index is 350. The third kappa shape index (κ3) is 3.04. The van der Waals surface area contributed by atoms with Gasteiger partial charge in [0.1, 0.15) is 0 Å². The predicted octanol–water partition coefficient (Wildman–Crippen LogP) is 1.43. The Hall–Kier alpha value is -0.870. The maximum Gasteiger partial charge on any atom is 0.221 e. The van der Waals surface area contributed by atoms with Crippen molar-refractivity contribution in [3.63, 3.8) is 0 Å². The van der Waals surface area contributed by atoms with Gasteiger partial charge in [0.15, 0.2) is 0 Å². The molecule has 1 amide bonds. The Morgan fingerprint density at radius 3 is 2.73 bits per heavy atom. The van der Waals surface area contributed by atoms with Gasteiger partial charge < -0.3 is 10.6 Å². The number of carbonyl (C=O) groups excluding carboxylic acids is 1. The molecule has 3 nitrogen and oxygen atoms in total. The number of hydrogen-bond donors (Lipinski definition) is 2. The first-order valence-electron chi connectivity index (χ1n) is 4.98. The van der Waals surface area contributed by atoms with Crippen LogP contribution in [0, 0.1) is 0 Å². The van der Waals surface area contributed by atoms with Crippen molar-refractivity contribution in [2.45, 2.75) is 19.0 Å². The summed E-state index contributed by atoms with van der Waals surface area (Å²) < 4.78 is 1.09. The summed E-state index contributed by atoms with van der Waals surface area (Å²) in [5, 5.41) is 6.16. The highest BCUT2D eigenvalue weighted by molar-refractivity contribution is 9.10. The normalized spacial score (nSPS) is 20.3. The molecule has 1 atom stereocenters. The molecule has 0 bridgehead atoms. The Morgan fingerprint density at radius 2 is 2.13 bits per heavy atom. The summed E-state index contributed by atoms with van der Waals surface area (Å²) in [6.45, 7) is 1.56. The molecule has 0 saturated carbocycles. The lowest BCUT2D eigenvalue weighted by Gasteiger charge is -2.09. The van der Waals surface area contributed by atoms with Crippen LogP contribution in [0.1, 0.15) is 12.0 Å². The molecular formula is C11H13BrN2O. The van der Waals surface area contributed by atoms with Crippen LogP contribution in [0.15, 0.2) is 28.7 Å². The molecule has 1 unspecified atom stereocenters. The van der Waals surface area contributed by atoms with Gasteiger partial charge in [-0.05, 0) is 17.7 Å². The molecule has 1 saturated heterocycles. The summed E-state index contributed by atoms with van der Waals surface area (Å²) in [6.07, 6.45) is 0.594. The van der Waals surface area contributed by atoms with Gasteiger partial charge in [-0.3, -0.25) is 4.79 Å². The molecule has 1 fully saturated rings. The van der Waals surface area contributed by atoms with Gasteiger partial charge in [0.2, 0.25) is 5.91 Å². The lowest BCUT2D eigenvalue weighted by molar-refractivity contribution is -0.119. The van der Waals surface area contributed by atoms with Crippen LogP contribution in [0.3, 0.4) is 0 Å². The van der Waals surface area contributed by atoms with Gasteiger partial charge >= 0.3 is 0 Å². The fourth-order valence-corrected chi connectivity index (χ4v) is 1.88. The molecule has 2 N–H and O–H groups in total. The number of amides is 1. The highest BCUT2D eigenvalue weighted by Gasteiger charge is 2.20. The van der Waals surface area contributed by atoms with Crippen LogP contribution in [-0.2, 0) is 11.3 Å². The zero-order chi connectivity index (χ0) is 10.7. The van der Waals surface area contributed by atoms with Crippen molar-refractivity contribution in [3.8, 4) is 0 Å². The fraction of sp³-hybridized carbons (Fsp3) is 0.364. The summed E-state index contributed by atoms with van der Waals surface area (Å²) in [6, 6.07) is 8.47. The van der Waals surface area contributed by atoms with Crippen LogP contribution in [0.25, 0.3) is 0 Å². The van der Waals surface area contributed by atoms with Crippen molar-refractivity contribution < 1.29 is 4.79 Å². The smallest absolute Gasteiger partial charge is 0.221 e. The second kappa shape index (κ2) is 4.77. The zero-order valence-electron chi connectivity index (χ0n) is 8.29. The van der Waals surface area contributed by atoms with Crippen molar-refractivity contribution >= 4 is 21.8 Å². The lowest BCUT2D eigenvalue weighted by atomic mass is 10.2. The van der Waals surface area contributed by atoms with Gasteiger partial charge in [-0.15, -0.1) is 0 Å². The van der Waals surface area contributed by atoms with Gasteiger partial charge in [0.25, 0.3) is 0 Å². The van der Waals surface area contributed by atoms with Crippen molar-refractivity contribution in [1.82, 2.24) is 10.6 Å². The molecule has 0 aromatic heterocycles. The molecule has 0 spiro atoms. The molecule has 1 aromatic carbocycles. The Balaban J connectivity index is 1.83. The van der Waals surface area contributed by atoms with Gasteiger partial charge in [0.05, 0.1) is 0 Å². The monoisotopic (exact) mass is 268 g/mol. The molecule has 1 aliphatic rings. The van der Waals surface area contributed by atoms with Gasteiger partial charge in [-0.1, -0.05) is 28.1 Å². The SMILES string of the molecule is O=C1CC(NCc2ccc(Br)cc2)CN1. The number of carbonyl (C=O) groups is 1. The maximum absolute atomic E-state index is 11.0. The predicted molar refractivity (Wildman–Crippen MR) is 62.4 cm³/mol. The van der Waals surface area contributed by atoms with Crippen molar-refractivity contribution in [3.05, 3.63) is 34.3 Å². The van der Waals surface area contributed by atoms with Gasteiger partial charge in [0, 0.05) is 30.0 Å². The minimum Gasteiger partial charge on any atom is -0.354 e. The standard InChI is InChI=1S/C11H13BrN2O/c12-9-3-1-8(2-4-9)6-13-10-5-11(15)14-7-10/h1-4,10,13H,5-7H2,(H,14,15). The van der Waals surface area contributed by atoms with E-state index in [0.29, 0.717) is 6.42 Å². The highest BCUT2D eigenvalue weighted by Crippen LogP contribution is 2.10. The first kappa shape index (κ1) is 10.6. The molecular weight excluding hydrogens is 256 g/mol. The molecule has 1 aliphatic heterocycles. The van der Waals surface area contributed by atoms with Crippen molar-refractivity contribution in [1.29, 1.82) is 0 Å². The molecule has 0 aliphatic carbocycles. The lowest BCUT2D eigenvalue weighted by Crippen LogP contribution is -2.30. The van der Waals surface area contributed by atoms with E-state index in [-0.39, 0.29) is 11.9 Å². The van der Waals surface area contributed by atoms with Crippen LogP contribution in [0.5, 0.6) is 0 Å². The molecule has 0 radical (unpaired) electrons. The third-order valence-electron chi connectivity index (χ3n) is 2.49. The first-order valence-corrected chi connectivity index (χ1v) is 5.78. The number of rotatable bonds is 3. The summed E-state index contributed by atoms with van der Waals surface area (Å²) in [4.78, 5) is 11.0. The van der Waals surface area contributed by atoms with E-state index >= 15 is 0 Å². The van der Waals surface area contributed by atoms with E-state index in [9.17, 15) is 4.79 Å². The van der Waals surface area contributed by atoms with Crippen molar-refractivity contribution in [2.24, 2.45) is 0 Å². The van der Waals surface area contributed by atoms with Gasteiger partial charge in [-0.25, -0.2) is 0 Å². The van der Waals surface area contributed by atoms with E-state index in [4.69, 9.17) is 0 Å². The second-order valence-corrected chi connectivity index (χ2v) is 4.63. The fourth-order valence-electron chi connectivity index (χ4n) is 1.61. The van der Waals surface area contributed by atoms with Crippen LogP contribution < -0.4 is 10.6 Å². The first-order chi connectivity index (χ1) is 7.24.